The van der Waals surface area contributed by atoms with Gasteiger partial charge in [-0.05, 0) is 64.9 Å². The molecule has 20 heavy (non-hydrogen) atoms. The summed E-state index contributed by atoms with van der Waals surface area (Å²) in [5.41, 5.74) is 2.41. The number of halogens is 1. The van der Waals surface area contributed by atoms with Crippen molar-refractivity contribution in [3.8, 4) is 0 Å². The van der Waals surface area contributed by atoms with Crippen molar-refractivity contribution in [1.82, 2.24) is 0 Å². The van der Waals surface area contributed by atoms with Crippen LogP contribution in [-0.4, -0.2) is 5.78 Å². The molecule has 2 aromatic rings. The fraction of sp³-hybridized carbons (Fsp3) is 0.118. The summed E-state index contributed by atoms with van der Waals surface area (Å²) in [4.78, 5) is 12.2. The highest BCUT2D eigenvalue weighted by Gasteiger charge is 2.01. The minimum Gasteiger partial charge on any atom is -0.295 e. The van der Waals surface area contributed by atoms with E-state index in [1.807, 2.05) is 23.9 Å². The molecule has 0 heterocycles. The van der Waals surface area contributed by atoms with Gasteiger partial charge in [0.05, 0.1) is 0 Å². The Morgan fingerprint density at radius 2 is 1.95 bits per heavy atom. The van der Waals surface area contributed by atoms with Crippen molar-refractivity contribution in [3.05, 3.63) is 69.3 Å². The van der Waals surface area contributed by atoms with Crippen LogP contribution in [0.4, 0.5) is 0 Å². The van der Waals surface area contributed by atoms with Gasteiger partial charge >= 0.3 is 0 Å². The summed E-state index contributed by atoms with van der Waals surface area (Å²) in [6.07, 6.45) is 3.50. The summed E-state index contributed by atoms with van der Waals surface area (Å²) >= 11 is 4.10. The Morgan fingerprint density at radius 1 is 1.20 bits per heavy atom. The van der Waals surface area contributed by atoms with E-state index in [-0.39, 0.29) is 5.78 Å². The van der Waals surface area contributed by atoms with Crippen LogP contribution in [0.3, 0.4) is 0 Å². The van der Waals surface area contributed by atoms with Crippen LogP contribution in [0.1, 0.15) is 18.1 Å². The molecule has 0 fully saturated rings. The molecule has 0 saturated heterocycles. The van der Waals surface area contributed by atoms with Crippen molar-refractivity contribution in [1.29, 1.82) is 0 Å². The minimum atomic E-state index is 0.0724. The van der Waals surface area contributed by atoms with Crippen molar-refractivity contribution in [2.75, 3.05) is 0 Å². The molecule has 0 radical (unpaired) electrons. The SMILES string of the molecule is CC(=O)/C=C/c1cc(SCc2ccccc2)ccc1I. The maximum Gasteiger partial charge on any atom is 0.152 e. The van der Waals surface area contributed by atoms with Crippen molar-refractivity contribution < 1.29 is 4.79 Å². The van der Waals surface area contributed by atoms with Gasteiger partial charge < -0.3 is 0 Å². The molecule has 0 atom stereocenters. The maximum absolute atomic E-state index is 11.0. The summed E-state index contributed by atoms with van der Waals surface area (Å²) in [7, 11) is 0. The van der Waals surface area contributed by atoms with Gasteiger partial charge in [-0.1, -0.05) is 36.4 Å². The van der Waals surface area contributed by atoms with E-state index in [1.165, 1.54) is 10.5 Å². The van der Waals surface area contributed by atoms with E-state index in [1.54, 1.807) is 13.0 Å². The zero-order valence-corrected chi connectivity index (χ0v) is 14.1. The smallest absolute Gasteiger partial charge is 0.152 e. The van der Waals surface area contributed by atoms with Crippen LogP contribution in [0.2, 0.25) is 0 Å². The number of hydrogen-bond acceptors (Lipinski definition) is 2. The second kappa shape index (κ2) is 7.64. The Morgan fingerprint density at radius 3 is 2.65 bits per heavy atom. The van der Waals surface area contributed by atoms with E-state index in [0.29, 0.717) is 0 Å². The first-order chi connectivity index (χ1) is 9.65. The number of carbonyl (C=O) groups excluding carboxylic acids is 1. The van der Waals surface area contributed by atoms with Crippen LogP contribution in [0.5, 0.6) is 0 Å². The lowest BCUT2D eigenvalue weighted by Gasteiger charge is -2.05. The van der Waals surface area contributed by atoms with Gasteiger partial charge in [0.25, 0.3) is 0 Å². The quantitative estimate of drug-likeness (QED) is 0.395. The second-order valence-electron chi connectivity index (χ2n) is 4.40. The van der Waals surface area contributed by atoms with Crippen LogP contribution in [0, 0.1) is 3.57 Å². The molecule has 0 bridgehead atoms. The maximum atomic E-state index is 11.0. The van der Waals surface area contributed by atoms with Crippen molar-refractivity contribution in [2.24, 2.45) is 0 Å². The van der Waals surface area contributed by atoms with E-state index in [9.17, 15) is 4.79 Å². The van der Waals surface area contributed by atoms with E-state index in [0.717, 1.165) is 14.9 Å². The molecule has 0 aliphatic rings. The molecule has 3 heteroatoms. The first-order valence-corrected chi connectivity index (χ1v) is 8.36. The van der Waals surface area contributed by atoms with Crippen LogP contribution < -0.4 is 0 Å². The number of benzene rings is 2. The third-order valence-electron chi connectivity index (χ3n) is 2.71. The molecule has 0 N–H and O–H groups in total. The summed E-state index contributed by atoms with van der Waals surface area (Å²) < 4.78 is 1.16. The van der Waals surface area contributed by atoms with Crippen LogP contribution in [0.15, 0.2) is 59.5 Å². The summed E-state index contributed by atoms with van der Waals surface area (Å²) in [6.45, 7) is 1.57. The Balaban J connectivity index is 2.09. The first kappa shape index (κ1) is 15.3. The fourth-order valence-electron chi connectivity index (χ4n) is 1.69. The van der Waals surface area contributed by atoms with Gasteiger partial charge in [-0.2, -0.15) is 0 Å². The zero-order chi connectivity index (χ0) is 14.4. The minimum absolute atomic E-state index is 0.0724. The number of carbonyl (C=O) groups is 1. The highest BCUT2D eigenvalue weighted by atomic mass is 127. The predicted octanol–water partition coefficient (Wildman–Crippen LogP) is 5.19. The van der Waals surface area contributed by atoms with Gasteiger partial charge in [-0.15, -0.1) is 11.8 Å². The van der Waals surface area contributed by atoms with E-state index < -0.39 is 0 Å². The van der Waals surface area contributed by atoms with Gasteiger partial charge in [-0.25, -0.2) is 0 Å². The third kappa shape index (κ3) is 4.80. The Labute approximate surface area is 137 Å². The van der Waals surface area contributed by atoms with E-state index >= 15 is 0 Å². The molecular formula is C17H15IOS. The topological polar surface area (TPSA) is 17.1 Å². The largest absolute Gasteiger partial charge is 0.295 e. The molecule has 0 spiro atoms. The van der Waals surface area contributed by atoms with E-state index in [4.69, 9.17) is 0 Å². The lowest BCUT2D eigenvalue weighted by molar-refractivity contribution is -0.112. The number of rotatable bonds is 5. The molecule has 0 amide bonds. The standard InChI is InChI=1S/C17H15IOS/c1-13(19)7-8-15-11-16(9-10-17(15)18)20-12-14-5-3-2-4-6-14/h2-11H,12H2,1H3/b8-7+. The lowest BCUT2D eigenvalue weighted by Crippen LogP contribution is -1.85. The number of thioether (sulfide) groups is 1. The lowest BCUT2D eigenvalue weighted by atomic mass is 10.2. The zero-order valence-electron chi connectivity index (χ0n) is 11.2. The Hall–Kier alpha value is -1.07. The van der Waals surface area contributed by atoms with Crippen LogP contribution >= 0.6 is 34.4 Å². The molecule has 1 nitrogen and oxygen atoms in total. The third-order valence-corrected chi connectivity index (χ3v) is 4.76. The Bertz CT molecular complexity index is 620. The van der Waals surface area contributed by atoms with Gasteiger partial charge in [0, 0.05) is 14.2 Å². The monoisotopic (exact) mass is 394 g/mol. The van der Waals surface area contributed by atoms with Crippen LogP contribution in [-0.2, 0) is 10.5 Å². The molecule has 0 aliphatic carbocycles. The van der Waals surface area contributed by atoms with Crippen LogP contribution in [0.25, 0.3) is 6.08 Å². The highest BCUT2D eigenvalue weighted by Crippen LogP contribution is 2.26. The Kier molecular flexibility index (Phi) is 5.86. The molecular weight excluding hydrogens is 379 g/mol. The molecule has 0 unspecified atom stereocenters. The normalized spacial score (nSPS) is 10.9. The number of ketones is 1. The number of hydrogen-bond donors (Lipinski definition) is 0. The summed E-state index contributed by atoms with van der Waals surface area (Å²) in [6, 6.07) is 16.8. The van der Waals surface area contributed by atoms with Crippen molar-refractivity contribution in [2.45, 2.75) is 17.6 Å². The van der Waals surface area contributed by atoms with Gasteiger partial charge in [0.15, 0.2) is 5.78 Å². The average molecular weight is 394 g/mol. The molecule has 0 saturated carbocycles. The molecule has 0 aromatic heterocycles. The highest BCUT2D eigenvalue weighted by molar-refractivity contribution is 14.1. The van der Waals surface area contributed by atoms with Gasteiger partial charge in [0.2, 0.25) is 0 Å². The molecule has 2 rings (SSSR count). The fourth-order valence-corrected chi connectivity index (χ4v) is 3.10. The average Bonchev–Trinajstić information content (AvgIpc) is 2.46. The molecule has 0 aliphatic heterocycles. The molecule has 2 aromatic carbocycles. The summed E-state index contributed by atoms with van der Waals surface area (Å²) in [5.74, 6) is 1.03. The number of allylic oxidation sites excluding steroid dienone is 1. The van der Waals surface area contributed by atoms with Crippen molar-refractivity contribution in [3.63, 3.8) is 0 Å². The predicted molar refractivity (Wildman–Crippen MR) is 94.9 cm³/mol. The van der Waals surface area contributed by atoms with E-state index in [2.05, 4.69) is 65.1 Å². The van der Waals surface area contributed by atoms with Gasteiger partial charge in [0.1, 0.15) is 0 Å². The molecule has 102 valence electrons. The van der Waals surface area contributed by atoms with Gasteiger partial charge in [-0.3, -0.25) is 4.79 Å². The first-order valence-electron chi connectivity index (χ1n) is 6.30. The second-order valence-corrected chi connectivity index (χ2v) is 6.61. The summed E-state index contributed by atoms with van der Waals surface area (Å²) in [5, 5.41) is 0. The van der Waals surface area contributed by atoms with Crippen molar-refractivity contribution >= 4 is 46.2 Å².